The van der Waals surface area contributed by atoms with Crippen molar-refractivity contribution in [1.29, 1.82) is 0 Å². The Labute approximate surface area is 167 Å². The third-order valence-corrected chi connectivity index (χ3v) is 4.55. The highest BCUT2D eigenvalue weighted by molar-refractivity contribution is 6.31. The summed E-state index contributed by atoms with van der Waals surface area (Å²) in [6.07, 6.45) is 1.55. The number of hydrogen-bond donors (Lipinski definition) is 2. The Bertz CT molecular complexity index is 982. The summed E-state index contributed by atoms with van der Waals surface area (Å²) in [5.74, 6) is 0.565. The summed E-state index contributed by atoms with van der Waals surface area (Å²) in [7, 11) is 1.51. The largest absolute Gasteiger partial charge is 0.495 e. The lowest BCUT2D eigenvalue weighted by Gasteiger charge is -2.12. The first kappa shape index (κ1) is 19.5. The highest BCUT2D eigenvalue weighted by Crippen LogP contribution is 2.31. The quantitative estimate of drug-likeness (QED) is 0.643. The van der Waals surface area contributed by atoms with Gasteiger partial charge in [0.25, 0.3) is 11.8 Å². The molecular formula is C21H19ClN2O4. The SMILES string of the molecule is COc1cc(Cl)c(C)cc1NC(=O)c1ccc(C(=O)NCc2ccco2)cc1. The molecule has 0 unspecified atom stereocenters. The molecule has 0 saturated heterocycles. The Hall–Kier alpha value is -3.25. The van der Waals surface area contributed by atoms with Gasteiger partial charge in [-0.3, -0.25) is 9.59 Å². The molecule has 2 aromatic carbocycles. The molecule has 144 valence electrons. The van der Waals surface area contributed by atoms with Crippen LogP contribution in [-0.4, -0.2) is 18.9 Å². The Morgan fingerprint density at radius 1 is 1.07 bits per heavy atom. The van der Waals surface area contributed by atoms with Crippen molar-refractivity contribution >= 4 is 29.1 Å². The van der Waals surface area contributed by atoms with E-state index in [1.54, 1.807) is 54.8 Å². The highest BCUT2D eigenvalue weighted by atomic mass is 35.5. The number of amides is 2. The van der Waals surface area contributed by atoms with E-state index in [-0.39, 0.29) is 11.8 Å². The number of carbonyl (C=O) groups excluding carboxylic acids is 2. The van der Waals surface area contributed by atoms with Crippen LogP contribution in [0.2, 0.25) is 5.02 Å². The smallest absolute Gasteiger partial charge is 0.255 e. The number of anilines is 1. The van der Waals surface area contributed by atoms with Crippen molar-refractivity contribution in [1.82, 2.24) is 5.32 Å². The van der Waals surface area contributed by atoms with Crippen LogP contribution in [0.15, 0.2) is 59.2 Å². The normalized spacial score (nSPS) is 10.4. The summed E-state index contributed by atoms with van der Waals surface area (Å²) in [6.45, 7) is 2.14. The maximum Gasteiger partial charge on any atom is 0.255 e. The average molecular weight is 399 g/mol. The van der Waals surface area contributed by atoms with E-state index in [1.807, 2.05) is 6.92 Å². The van der Waals surface area contributed by atoms with Crippen LogP contribution in [0.4, 0.5) is 5.69 Å². The number of ether oxygens (including phenoxy) is 1. The lowest BCUT2D eigenvalue weighted by molar-refractivity contribution is 0.0946. The van der Waals surface area contributed by atoms with E-state index in [9.17, 15) is 9.59 Å². The molecule has 0 spiro atoms. The minimum absolute atomic E-state index is 0.252. The van der Waals surface area contributed by atoms with Crippen molar-refractivity contribution in [2.45, 2.75) is 13.5 Å². The minimum atomic E-state index is -0.317. The standard InChI is InChI=1S/C21H19ClN2O4/c1-13-10-18(19(27-2)11-17(13)22)24-21(26)15-7-5-14(6-8-15)20(25)23-12-16-4-3-9-28-16/h3-11H,12H2,1-2H3,(H,23,25)(H,24,26). The second-order valence-electron chi connectivity index (χ2n) is 6.10. The van der Waals surface area contributed by atoms with Crippen molar-refractivity contribution in [3.8, 4) is 5.75 Å². The van der Waals surface area contributed by atoms with Gasteiger partial charge < -0.3 is 19.8 Å². The molecule has 2 N–H and O–H groups in total. The molecular weight excluding hydrogens is 380 g/mol. The molecule has 0 fully saturated rings. The zero-order valence-electron chi connectivity index (χ0n) is 15.4. The third-order valence-electron chi connectivity index (χ3n) is 4.14. The molecule has 6 nitrogen and oxygen atoms in total. The lowest BCUT2D eigenvalue weighted by Crippen LogP contribution is -2.22. The maximum atomic E-state index is 12.5. The van der Waals surface area contributed by atoms with Gasteiger partial charge in [-0.15, -0.1) is 0 Å². The van der Waals surface area contributed by atoms with Crippen molar-refractivity contribution in [2.75, 3.05) is 12.4 Å². The third kappa shape index (κ3) is 4.53. The molecule has 0 aliphatic rings. The van der Waals surface area contributed by atoms with Crippen LogP contribution < -0.4 is 15.4 Å². The van der Waals surface area contributed by atoms with Crippen LogP contribution in [0.1, 0.15) is 32.0 Å². The molecule has 0 radical (unpaired) electrons. The number of halogens is 1. The Balaban J connectivity index is 1.67. The Kier molecular flexibility index (Phi) is 6.01. The highest BCUT2D eigenvalue weighted by Gasteiger charge is 2.13. The number of nitrogens with one attached hydrogen (secondary N) is 2. The molecule has 3 aromatic rings. The van der Waals surface area contributed by atoms with Gasteiger partial charge >= 0.3 is 0 Å². The fraction of sp³-hybridized carbons (Fsp3) is 0.143. The fourth-order valence-electron chi connectivity index (χ4n) is 2.58. The lowest BCUT2D eigenvalue weighted by atomic mass is 10.1. The number of rotatable bonds is 6. The van der Waals surface area contributed by atoms with Crippen LogP contribution in [0.5, 0.6) is 5.75 Å². The summed E-state index contributed by atoms with van der Waals surface area (Å²) in [5, 5.41) is 6.11. The molecule has 2 amide bonds. The second kappa shape index (κ2) is 8.63. The van der Waals surface area contributed by atoms with Crippen molar-refractivity contribution in [2.24, 2.45) is 0 Å². The van der Waals surface area contributed by atoms with Gasteiger partial charge in [-0.1, -0.05) is 11.6 Å². The average Bonchev–Trinajstić information content (AvgIpc) is 3.22. The van der Waals surface area contributed by atoms with Crippen LogP contribution in [0.3, 0.4) is 0 Å². The first-order valence-electron chi connectivity index (χ1n) is 8.54. The van der Waals surface area contributed by atoms with Gasteiger partial charge in [0.15, 0.2) is 0 Å². The summed E-state index contributed by atoms with van der Waals surface area (Å²) in [5.41, 5.74) is 2.20. The number of methoxy groups -OCH3 is 1. The molecule has 28 heavy (non-hydrogen) atoms. The molecule has 0 aliphatic heterocycles. The fourth-order valence-corrected chi connectivity index (χ4v) is 2.73. The van der Waals surface area contributed by atoms with Gasteiger partial charge in [-0.2, -0.15) is 0 Å². The van der Waals surface area contributed by atoms with E-state index >= 15 is 0 Å². The molecule has 3 rings (SSSR count). The second-order valence-corrected chi connectivity index (χ2v) is 6.50. The first-order valence-corrected chi connectivity index (χ1v) is 8.92. The van der Waals surface area contributed by atoms with Crippen molar-refractivity contribution in [3.63, 3.8) is 0 Å². The number of carbonyl (C=O) groups is 2. The Morgan fingerprint density at radius 2 is 1.75 bits per heavy atom. The summed E-state index contributed by atoms with van der Waals surface area (Å²) in [6, 6.07) is 13.3. The minimum Gasteiger partial charge on any atom is -0.495 e. The van der Waals surface area contributed by atoms with E-state index in [4.69, 9.17) is 20.8 Å². The van der Waals surface area contributed by atoms with E-state index in [0.717, 1.165) is 5.56 Å². The topological polar surface area (TPSA) is 80.6 Å². The number of hydrogen-bond acceptors (Lipinski definition) is 4. The van der Waals surface area contributed by atoms with Gasteiger partial charge in [-0.05, 0) is 55.0 Å². The zero-order chi connectivity index (χ0) is 20.1. The summed E-state index contributed by atoms with van der Waals surface area (Å²) < 4.78 is 10.4. The van der Waals surface area contributed by atoms with Crippen molar-refractivity contribution < 1.29 is 18.7 Å². The van der Waals surface area contributed by atoms with Crippen LogP contribution in [0, 0.1) is 6.92 Å². The predicted molar refractivity (Wildman–Crippen MR) is 107 cm³/mol. The number of benzene rings is 2. The Morgan fingerprint density at radius 3 is 2.36 bits per heavy atom. The molecule has 0 saturated carbocycles. The van der Waals surface area contributed by atoms with Gasteiger partial charge in [0.1, 0.15) is 11.5 Å². The monoisotopic (exact) mass is 398 g/mol. The van der Waals surface area contributed by atoms with Gasteiger partial charge in [0, 0.05) is 22.2 Å². The molecule has 0 bridgehead atoms. The van der Waals surface area contributed by atoms with Gasteiger partial charge in [0.2, 0.25) is 0 Å². The van der Waals surface area contributed by atoms with Crippen LogP contribution >= 0.6 is 11.6 Å². The van der Waals surface area contributed by atoms with E-state index in [0.29, 0.717) is 39.9 Å². The maximum absolute atomic E-state index is 12.5. The summed E-state index contributed by atoms with van der Waals surface area (Å²) >= 11 is 6.09. The molecule has 0 atom stereocenters. The molecule has 1 aromatic heterocycles. The van der Waals surface area contributed by atoms with Crippen LogP contribution in [0.25, 0.3) is 0 Å². The number of furan rings is 1. The van der Waals surface area contributed by atoms with Crippen LogP contribution in [-0.2, 0) is 6.54 Å². The van der Waals surface area contributed by atoms with E-state index in [2.05, 4.69) is 10.6 Å². The van der Waals surface area contributed by atoms with Gasteiger partial charge in [0.05, 0.1) is 25.6 Å². The zero-order valence-corrected chi connectivity index (χ0v) is 16.2. The first-order chi connectivity index (χ1) is 13.5. The summed E-state index contributed by atoms with van der Waals surface area (Å²) in [4.78, 5) is 24.7. The molecule has 1 heterocycles. The predicted octanol–water partition coefficient (Wildman–Crippen LogP) is 4.43. The van der Waals surface area contributed by atoms with Crippen molar-refractivity contribution in [3.05, 3.63) is 82.3 Å². The van der Waals surface area contributed by atoms with Gasteiger partial charge in [-0.25, -0.2) is 0 Å². The van der Waals surface area contributed by atoms with E-state index < -0.39 is 0 Å². The molecule has 7 heteroatoms. The molecule has 0 aliphatic carbocycles. The number of aryl methyl sites for hydroxylation is 1. The van der Waals surface area contributed by atoms with E-state index in [1.165, 1.54) is 7.11 Å².